The second-order valence-corrected chi connectivity index (χ2v) is 8.20. The Labute approximate surface area is 124 Å². The largest absolute Gasteiger partial charge is 0.481 e. The van der Waals surface area contributed by atoms with Crippen molar-refractivity contribution in [1.29, 1.82) is 0 Å². The number of rotatable bonds is 8. The van der Waals surface area contributed by atoms with Crippen molar-refractivity contribution in [2.45, 2.75) is 44.9 Å². The van der Waals surface area contributed by atoms with Crippen molar-refractivity contribution in [1.82, 2.24) is 4.72 Å². The molecule has 114 valence electrons. The first-order valence-corrected chi connectivity index (χ1v) is 8.81. The Morgan fingerprint density at radius 2 is 2.05 bits per heavy atom. The van der Waals surface area contributed by atoms with E-state index in [0.29, 0.717) is 24.3 Å². The summed E-state index contributed by atoms with van der Waals surface area (Å²) in [4.78, 5) is 12.6. The van der Waals surface area contributed by atoms with Crippen molar-refractivity contribution in [3.63, 3.8) is 0 Å². The number of carboxylic acids is 1. The number of aliphatic carboxylic acids is 1. The van der Waals surface area contributed by atoms with Gasteiger partial charge < -0.3 is 5.11 Å². The zero-order valence-electron chi connectivity index (χ0n) is 12.0. The highest BCUT2D eigenvalue weighted by Crippen LogP contribution is 2.24. The molecule has 0 saturated carbocycles. The molecule has 0 radical (unpaired) electrons. The lowest BCUT2D eigenvalue weighted by Crippen LogP contribution is -2.26. The molecule has 0 bridgehead atoms. The average Bonchev–Trinajstić information content (AvgIpc) is 2.66. The molecule has 1 aromatic heterocycles. The normalized spacial score (nSPS) is 13.3. The van der Waals surface area contributed by atoms with Crippen LogP contribution >= 0.6 is 11.3 Å². The number of hydrogen-bond acceptors (Lipinski definition) is 4. The Morgan fingerprint density at radius 3 is 2.55 bits per heavy atom. The minimum Gasteiger partial charge on any atom is -0.481 e. The third kappa shape index (κ3) is 5.22. The maximum absolute atomic E-state index is 12.1. The molecule has 0 aliphatic carbocycles. The van der Waals surface area contributed by atoms with Gasteiger partial charge in [-0.2, -0.15) is 0 Å². The van der Waals surface area contributed by atoms with Crippen LogP contribution in [0, 0.1) is 19.8 Å². The lowest BCUT2D eigenvalue weighted by molar-refractivity contribution is -0.137. The molecule has 0 spiro atoms. The summed E-state index contributed by atoms with van der Waals surface area (Å²) in [5.41, 5.74) is 0. The highest BCUT2D eigenvalue weighted by Gasteiger charge is 2.18. The first-order chi connectivity index (χ1) is 9.22. The van der Waals surface area contributed by atoms with Gasteiger partial charge >= 0.3 is 5.97 Å². The number of carbonyl (C=O) groups is 1. The fraction of sp³-hybridized carbons (Fsp3) is 0.615. The molecule has 0 aromatic carbocycles. The monoisotopic (exact) mass is 319 g/mol. The summed E-state index contributed by atoms with van der Waals surface area (Å²) >= 11 is 1.46. The molecule has 0 saturated heterocycles. The zero-order valence-corrected chi connectivity index (χ0v) is 13.6. The lowest BCUT2D eigenvalue weighted by Gasteiger charge is -2.11. The number of nitrogens with one attached hydrogen (secondary N) is 1. The van der Waals surface area contributed by atoms with Gasteiger partial charge in [-0.25, -0.2) is 13.1 Å². The second kappa shape index (κ2) is 7.19. The molecule has 1 aromatic rings. The van der Waals surface area contributed by atoms with E-state index >= 15 is 0 Å². The van der Waals surface area contributed by atoms with Crippen LogP contribution in [0.15, 0.2) is 11.0 Å². The van der Waals surface area contributed by atoms with E-state index in [1.807, 2.05) is 13.8 Å². The van der Waals surface area contributed by atoms with Crippen molar-refractivity contribution >= 4 is 27.3 Å². The molecular formula is C13H21NO4S2. The SMILES string of the molecule is Cc1cc(S(=O)(=O)NCCC(C)CCC(=O)O)c(C)s1. The molecular weight excluding hydrogens is 298 g/mol. The Morgan fingerprint density at radius 1 is 1.40 bits per heavy atom. The molecule has 0 fully saturated rings. The molecule has 0 amide bonds. The predicted molar refractivity (Wildman–Crippen MR) is 79.6 cm³/mol. The van der Waals surface area contributed by atoms with E-state index < -0.39 is 16.0 Å². The summed E-state index contributed by atoms with van der Waals surface area (Å²) in [5, 5.41) is 8.59. The van der Waals surface area contributed by atoms with Crippen molar-refractivity contribution < 1.29 is 18.3 Å². The van der Waals surface area contributed by atoms with Crippen LogP contribution in [0.2, 0.25) is 0 Å². The van der Waals surface area contributed by atoms with Gasteiger partial charge in [-0.15, -0.1) is 11.3 Å². The summed E-state index contributed by atoms with van der Waals surface area (Å²) in [5.74, 6) is -0.638. The first kappa shape index (κ1) is 17.1. The van der Waals surface area contributed by atoms with Gasteiger partial charge in [0.25, 0.3) is 0 Å². The van der Waals surface area contributed by atoms with Gasteiger partial charge in [0.2, 0.25) is 10.0 Å². The van der Waals surface area contributed by atoms with Crippen LogP contribution < -0.4 is 4.72 Å². The highest BCUT2D eigenvalue weighted by atomic mass is 32.2. The maximum atomic E-state index is 12.1. The van der Waals surface area contributed by atoms with Gasteiger partial charge in [0, 0.05) is 22.7 Å². The number of aryl methyl sites for hydroxylation is 2. The molecule has 0 aliphatic rings. The molecule has 1 rings (SSSR count). The van der Waals surface area contributed by atoms with Crippen LogP contribution in [0.1, 0.15) is 35.9 Å². The number of sulfonamides is 1. The van der Waals surface area contributed by atoms with Crippen molar-refractivity contribution in [2.24, 2.45) is 5.92 Å². The van der Waals surface area contributed by atoms with Crippen LogP contribution in [-0.2, 0) is 14.8 Å². The van der Waals surface area contributed by atoms with Crippen molar-refractivity contribution in [3.05, 3.63) is 15.8 Å². The summed E-state index contributed by atoms with van der Waals surface area (Å²) in [6, 6.07) is 1.68. The Kier molecular flexibility index (Phi) is 6.16. The zero-order chi connectivity index (χ0) is 15.3. The first-order valence-electron chi connectivity index (χ1n) is 6.51. The summed E-state index contributed by atoms with van der Waals surface area (Å²) in [6.07, 6.45) is 1.32. The van der Waals surface area contributed by atoms with E-state index in [1.54, 1.807) is 13.0 Å². The number of thiophene rings is 1. The van der Waals surface area contributed by atoms with Crippen LogP contribution in [0.25, 0.3) is 0 Å². The van der Waals surface area contributed by atoms with Crippen molar-refractivity contribution in [3.8, 4) is 0 Å². The topological polar surface area (TPSA) is 83.5 Å². The predicted octanol–water partition coefficient (Wildman–Crippen LogP) is 2.53. The Balaban J connectivity index is 2.48. The minimum atomic E-state index is -3.45. The van der Waals surface area contributed by atoms with E-state index in [-0.39, 0.29) is 12.3 Å². The summed E-state index contributed by atoms with van der Waals surface area (Å²) in [7, 11) is -3.45. The smallest absolute Gasteiger partial charge is 0.303 e. The second-order valence-electron chi connectivity index (χ2n) is 5.00. The number of hydrogen-bond donors (Lipinski definition) is 2. The molecule has 5 nitrogen and oxygen atoms in total. The van der Waals surface area contributed by atoms with Crippen LogP contribution in [0.3, 0.4) is 0 Å². The summed E-state index contributed by atoms with van der Waals surface area (Å²) < 4.78 is 26.8. The molecule has 1 heterocycles. The van der Waals surface area contributed by atoms with Gasteiger partial charge in [-0.05, 0) is 38.7 Å². The minimum absolute atomic E-state index is 0.122. The third-order valence-electron chi connectivity index (χ3n) is 3.07. The molecule has 7 heteroatoms. The molecule has 0 aliphatic heterocycles. The third-order valence-corrected chi connectivity index (χ3v) is 5.75. The van der Waals surface area contributed by atoms with Gasteiger partial charge in [0.1, 0.15) is 0 Å². The maximum Gasteiger partial charge on any atom is 0.303 e. The average molecular weight is 319 g/mol. The lowest BCUT2D eigenvalue weighted by atomic mass is 10.0. The van der Waals surface area contributed by atoms with Gasteiger partial charge in [-0.3, -0.25) is 4.79 Å². The van der Waals surface area contributed by atoms with E-state index in [0.717, 1.165) is 9.75 Å². The van der Waals surface area contributed by atoms with Crippen LogP contribution in [0.5, 0.6) is 0 Å². The fourth-order valence-electron chi connectivity index (χ4n) is 1.91. The van der Waals surface area contributed by atoms with E-state index in [9.17, 15) is 13.2 Å². The molecule has 1 unspecified atom stereocenters. The van der Waals surface area contributed by atoms with Crippen LogP contribution in [-0.4, -0.2) is 26.0 Å². The molecule has 1 atom stereocenters. The quantitative estimate of drug-likeness (QED) is 0.771. The van der Waals surface area contributed by atoms with E-state index in [2.05, 4.69) is 4.72 Å². The van der Waals surface area contributed by atoms with Crippen LogP contribution in [0.4, 0.5) is 0 Å². The van der Waals surface area contributed by atoms with Crippen molar-refractivity contribution in [2.75, 3.05) is 6.54 Å². The Hall–Kier alpha value is -0.920. The van der Waals surface area contributed by atoms with Gasteiger partial charge in [0.15, 0.2) is 0 Å². The Bertz CT molecular complexity index is 563. The molecule has 20 heavy (non-hydrogen) atoms. The molecule has 2 N–H and O–H groups in total. The van der Waals surface area contributed by atoms with E-state index in [4.69, 9.17) is 5.11 Å². The van der Waals surface area contributed by atoms with Gasteiger partial charge in [0.05, 0.1) is 4.90 Å². The standard InChI is InChI=1S/C13H21NO4S2/c1-9(4-5-13(15)16)6-7-14-20(17,18)12-8-10(2)19-11(12)3/h8-9,14H,4-7H2,1-3H3,(H,15,16). The number of carboxylic acid groups (broad SMARTS) is 1. The summed E-state index contributed by atoms with van der Waals surface area (Å²) in [6.45, 7) is 5.93. The van der Waals surface area contributed by atoms with Gasteiger partial charge in [-0.1, -0.05) is 6.92 Å². The fourth-order valence-corrected chi connectivity index (χ4v) is 4.51. The van der Waals surface area contributed by atoms with E-state index in [1.165, 1.54) is 11.3 Å². The highest BCUT2D eigenvalue weighted by molar-refractivity contribution is 7.89.